The Morgan fingerprint density at radius 2 is 1.70 bits per heavy atom. The number of hydrogen-bond donors (Lipinski definition) is 2. The number of aromatic nitrogens is 2. The lowest BCUT2D eigenvalue weighted by Gasteiger charge is -2.16. The van der Waals surface area contributed by atoms with Crippen molar-refractivity contribution in [2.75, 3.05) is 17.2 Å². The van der Waals surface area contributed by atoms with Crippen LogP contribution in [0.4, 0.5) is 17.3 Å². The summed E-state index contributed by atoms with van der Waals surface area (Å²) in [6.45, 7) is 3.04. The maximum atomic E-state index is 6.45. The maximum absolute atomic E-state index is 6.45. The molecule has 1 aromatic carbocycles. The summed E-state index contributed by atoms with van der Waals surface area (Å²) < 4.78 is 0. The molecule has 2 aromatic rings. The van der Waals surface area contributed by atoms with Gasteiger partial charge in [0, 0.05) is 11.6 Å². The molecule has 1 saturated carbocycles. The lowest BCUT2D eigenvalue weighted by molar-refractivity contribution is 0.509. The first kappa shape index (κ1) is 22.6. The van der Waals surface area contributed by atoms with Gasteiger partial charge in [-0.1, -0.05) is 72.6 Å². The highest BCUT2D eigenvalue weighted by molar-refractivity contribution is 6.42. The molecule has 1 unspecified atom stereocenters. The highest BCUT2D eigenvalue weighted by Crippen LogP contribution is 2.38. The second kappa shape index (κ2) is 10.2. The summed E-state index contributed by atoms with van der Waals surface area (Å²) in [6.07, 6.45) is 6.75. The van der Waals surface area contributed by atoms with Gasteiger partial charge in [-0.15, -0.1) is 12.4 Å². The smallest absolute Gasteiger partial charge is 0.154 e. The van der Waals surface area contributed by atoms with Gasteiger partial charge in [0.1, 0.15) is 17.2 Å². The maximum Gasteiger partial charge on any atom is 0.154 e. The van der Waals surface area contributed by atoms with E-state index in [0.717, 1.165) is 12.5 Å². The molecule has 9 heteroatoms. The van der Waals surface area contributed by atoms with Gasteiger partial charge in [0.15, 0.2) is 5.82 Å². The minimum absolute atomic E-state index is 0. The van der Waals surface area contributed by atoms with Crippen LogP contribution in [0.1, 0.15) is 32.6 Å². The predicted molar refractivity (Wildman–Crippen MR) is 119 cm³/mol. The van der Waals surface area contributed by atoms with Crippen molar-refractivity contribution in [1.29, 1.82) is 0 Å². The zero-order valence-electron chi connectivity index (χ0n) is 14.7. The Labute approximate surface area is 185 Å². The predicted octanol–water partition coefficient (Wildman–Crippen LogP) is 7.49. The molecule has 148 valence electrons. The lowest BCUT2D eigenvalue weighted by Crippen LogP contribution is -2.13. The van der Waals surface area contributed by atoms with E-state index < -0.39 is 0 Å². The molecule has 0 aliphatic heterocycles. The number of nitrogens with one attached hydrogen (secondary N) is 2. The van der Waals surface area contributed by atoms with Crippen molar-refractivity contribution in [3.8, 4) is 0 Å². The van der Waals surface area contributed by atoms with Gasteiger partial charge in [0.05, 0.1) is 15.7 Å². The molecular weight excluding hydrogens is 449 g/mol. The molecule has 0 spiro atoms. The quantitative estimate of drug-likeness (QED) is 0.419. The van der Waals surface area contributed by atoms with E-state index in [1.807, 2.05) is 0 Å². The topological polar surface area (TPSA) is 49.8 Å². The van der Waals surface area contributed by atoms with Gasteiger partial charge in [-0.3, -0.25) is 0 Å². The van der Waals surface area contributed by atoms with Crippen LogP contribution in [0.2, 0.25) is 20.1 Å². The van der Waals surface area contributed by atoms with Crippen LogP contribution in [-0.2, 0) is 0 Å². The van der Waals surface area contributed by atoms with Crippen LogP contribution in [0.25, 0.3) is 0 Å². The summed E-state index contributed by atoms with van der Waals surface area (Å²) in [5, 5.41) is 8.01. The third-order valence-electron chi connectivity index (χ3n) is 4.42. The number of rotatable bonds is 8. The first-order chi connectivity index (χ1) is 12.4. The molecule has 1 heterocycles. The molecule has 1 aliphatic rings. The van der Waals surface area contributed by atoms with Crippen molar-refractivity contribution in [2.24, 2.45) is 11.8 Å². The standard InChI is InChI=1S/C18H20Cl4N4.ClH/c1-10(2-3-11-4-5-11)8-23-17-15(22)18(25-9-24-17)26-16-13(20)6-12(19)7-14(16)21;/h6-7,9-11H,2-5,8H2,1H3,(H2,23,24,25,26);1H. The van der Waals surface area contributed by atoms with E-state index in [-0.39, 0.29) is 12.4 Å². The monoisotopic (exact) mass is 468 g/mol. The van der Waals surface area contributed by atoms with Crippen LogP contribution in [0.5, 0.6) is 0 Å². The fourth-order valence-corrected chi connectivity index (χ4v) is 3.78. The van der Waals surface area contributed by atoms with E-state index in [1.165, 1.54) is 32.0 Å². The highest BCUT2D eigenvalue weighted by atomic mass is 35.5. The van der Waals surface area contributed by atoms with E-state index in [9.17, 15) is 0 Å². The van der Waals surface area contributed by atoms with Crippen molar-refractivity contribution in [3.05, 3.63) is 38.6 Å². The zero-order chi connectivity index (χ0) is 18.7. The largest absolute Gasteiger partial charge is 0.368 e. The molecule has 1 atom stereocenters. The summed E-state index contributed by atoms with van der Waals surface area (Å²) >= 11 is 24.8. The van der Waals surface area contributed by atoms with Crippen LogP contribution in [0.3, 0.4) is 0 Å². The van der Waals surface area contributed by atoms with E-state index in [0.29, 0.717) is 43.3 Å². The lowest BCUT2D eigenvalue weighted by atomic mass is 10.0. The summed E-state index contributed by atoms with van der Waals surface area (Å²) in [6, 6.07) is 3.21. The molecule has 2 N–H and O–H groups in total. The number of benzene rings is 1. The normalized spacial score (nSPS) is 14.4. The summed E-state index contributed by atoms with van der Waals surface area (Å²) in [5.41, 5.74) is 0.502. The van der Waals surface area contributed by atoms with Gasteiger partial charge in [-0.2, -0.15) is 0 Å². The fourth-order valence-electron chi connectivity index (χ4n) is 2.66. The van der Waals surface area contributed by atoms with Crippen molar-refractivity contribution >= 4 is 76.1 Å². The summed E-state index contributed by atoms with van der Waals surface area (Å²) in [5.74, 6) is 2.52. The third-order valence-corrected chi connectivity index (χ3v) is 5.59. The molecule has 1 aliphatic carbocycles. The summed E-state index contributed by atoms with van der Waals surface area (Å²) in [7, 11) is 0. The molecule has 0 amide bonds. The van der Waals surface area contributed by atoms with Gasteiger partial charge in [0.25, 0.3) is 0 Å². The summed E-state index contributed by atoms with van der Waals surface area (Å²) in [4.78, 5) is 8.43. The second-order valence-corrected chi connectivity index (χ2v) is 8.39. The second-order valence-electron chi connectivity index (χ2n) is 6.76. The van der Waals surface area contributed by atoms with Crippen LogP contribution in [0.15, 0.2) is 18.5 Å². The Bertz CT molecular complexity index is 759. The molecule has 4 nitrogen and oxygen atoms in total. The van der Waals surface area contributed by atoms with E-state index in [4.69, 9.17) is 46.4 Å². The SMILES string of the molecule is CC(CCC1CC1)CNc1ncnc(Nc2c(Cl)cc(Cl)cc2Cl)c1Cl.Cl. The Morgan fingerprint density at radius 3 is 2.33 bits per heavy atom. The number of hydrogen-bond acceptors (Lipinski definition) is 4. The average molecular weight is 471 g/mol. The first-order valence-electron chi connectivity index (χ1n) is 8.60. The third kappa shape index (κ3) is 6.43. The first-order valence-corrected chi connectivity index (χ1v) is 10.1. The van der Waals surface area contributed by atoms with E-state index >= 15 is 0 Å². The molecule has 27 heavy (non-hydrogen) atoms. The molecule has 0 saturated heterocycles. The Morgan fingerprint density at radius 1 is 1.07 bits per heavy atom. The van der Waals surface area contributed by atoms with Crippen LogP contribution in [0, 0.1) is 11.8 Å². The van der Waals surface area contributed by atoms with Crippen molar-refractivity contribution in [3.63, 3.8) is 0 Å². The molecule has 1 fully saturated rings. The average Bonchev–Trinajstić information content (AvgIpc) is 3.40. The molecule has 1 aromatic heterocycles. The Kier molecular flexibility index (Phi) is 8.57. The molecular formula is C18H21Cl5N4. The highest BCUT2D eigenvalue weighted by Gasteiger charge is 2.21. The van der Waals surface area contributed by atoms with Crippen LogP contribution >= 0.6 is 58.8 Å². The van der Waals surface area contributed by atoms with Gasteiger partial charge in [0.2, 0.25) is 0 Å². The fraction of sp³-hybridized carbons (Fsp3) is 0.444. The van der Waals surface area contributed by atoms with Gasteiger partial charge >= 0.3 is 0 Å². The number of anilines is 3. The Balaban J connectivity index is 0.00000261. The van der Waals surface area contributed by atoms with E-state index in [1.54, 1.807) is 12.1 Å². The van der Waals surface area contributed by atoms with Crippen molar-refractivity contribution in [2.45, 2.75) is 32.6 Å². The Hall–Kier alpha value is -0.650. The zero-order valence-corrected chi connectivity index (χ0v) is 18.6. The molecule has 0 radical (unpaired) electrons. The minimum atomic E-state index is 0. The van der Waals surface area contributed by atoms with Crippen LogP contribution in [-0.4, -0.2) is 16.5 Å². The number of halogens is 5. The van der Waals surface area contributed by atoms with Gasteiger partial charge < -0.3 is 10.6 Å². The minimum Gasteiger partial charge on any atom is -0.368 e. The number of nitrogens with zero attached hydrogens (tertiary/aromatic N) is 2. The van der Waals surface area contributed by atoms with Gasteiger partial charge in [-0.05, 0) is 30.4 Å². The van der Waals surface area contributed by atoms with Crippen molar-refractivity contribution in [1.82, 2.24) is 9.97 Å². The van der Waals surface area contributed by atoms with Crippen LogP contribution < -0.4 is 10.6 Å². The van der Waals surface area contributed by atoms with Gasteiger partial charge in [-0.25, -0.2) is 9.97 Å². The molecule has 3 rings (SSSR count). The molecule has 0 bridgehead atoms. The van der Waals surface area contributed by atoms with Crippen molar-refractivity contribution < 1.29 is 0 Å². The van der Waals surface area contributed by atoms with E-state index in [2.05, 4.69) is 27.5 Å².